The van der Waals surface area contributed by atoms with Gasteiger partial charge in [-0.3, -0.25) is 0 Å². The second-order valence-corrected chi connectivity index (χ2v) is 10.4. The molecule has 0 N–H and O–H groups in total. The van der Waals surface area contributed by atoms with Crippen molar-refractivity contribution >= 4 is 0 Å². The molecule has 136 valence electrons. The van der Waals surface area contributed by atoms with E-state index in [1.807, 2.05) is 0 Å². The molecule has 2 nitrogen and oxygen atoms in total. The van der Waals surface area contributed by atoms with E-state index < -0.39 is 0 Å². The Bertz CT molecular complexity index is 275. The summed E-state index contributed by atoms with van der Waals surface area (Å²) in [5, 5.41) is 0. The summed E-state index contributed by atoms with van der Waals surface area (Å²) in [5.74, 6) is 9.42. The lowest BCUT2D eigenvalue weighted by atomic mass is 9.56. The Morgan fingerprint density at radius 2 is 0.417 bits per heavy atom. The van der Waals surface area contributed by atoms with Crippen LogP contribution in [0.3, 0.4) is 0 Å². The normalized spacial score (nSPS) is 52.0. The van der Waals surface area contributed by atoms with Crippen LogP contribution in [0.5, 0.6) is 0 Å². The molecule has 8 aliphatic carbocycles. The van der Waals surface area contributed by atoms with Crippen molar-refractivity contribution in [2.75, 3.05) is 13.2 Å². The van der Waals surface area contributed by atoms with Crippen LogP contribution in [0.1, 0.15) is 77.0 Å². The predicted octanol–water partition coefficient (Wildman–Crippen LogP) is 5.61. The van der Waals surface area contributed by atoms with Crippen LogP contribution < -0.4 is 0 Å². The lowest BCUT2D eigenvalue weighted by molar-refractivity contribution is -0.382. The molecule has 9 aliphatic rings. The molecule has 9 rings (SSSR count). The molecule has 9 fully saturated rings. The van der Waals surface area contributed by atoms with Gasteiger partial charge >= 0.3 is 0 Å². The summed E-state index contributed by atoms with van der Waals surface area (Å²) in [4.78, 5) is 8.44. The van der Waals surface area contributed by atoms with Crippen LogP contribution in [0.2, 0.25) is 0 Å². The topological polar surface area (TPSA) is 18.5 Å². The summed E-state index contributed by atoms with van der Waals surface area (Å²) in [6, 6.07) is 0. The first-order valence-electron chi connectivity index (χ1n) is 11.0. The van der Waals surface area contributed by atoms with Crippen LogP contribution in [0.25, 0.3) is 0 Å². The van der Waals surface area contributed by atoms with E-state index in [4.69, 9.17) is 0 Å². The van der Waals surface area contributed by atoms with Crippen LogP contribution >= 0.6 is 0 Å². The molecule has 0 aromatic heterocycles. The van der Waals surface area contributed by atoms with Gasteiger partial charge in [0.2, 0.25) is 0 Å². The van der Waals surface area contributed by atoms with Crippen molar-refractivity contribution in [3.05, 3.63) is 0 Å². The molecule has 8 bridgehead atoms. The molecule has 2 heteroatoms. The summed E-state index contributed by atoms with van der Waals surface area (Å²) >= 11 is 0. The fourth-order valence-electron chi connectivity index (χ4n) is 8.05. The van der Waals surface area contributed by atoms with Crippen molar-refractivity contribution in [3.8, 4) is 0 Å². The molecule has 24 heavy (non-hydrogen) atoms. The summed E-state index contributed by atoms with van der Waals surface area (Å²) in [7, 11) is 0. The molecular weight excluding hydrogens is 296 g/mol. The van der Waals surface area contributed by atoms with Crippen molar-refractivity contribution < 1.29 is 9.78 Å². The van der Waals surface area contributed by atoms with Gasteiger partial charge in [0, 0.05) is 0 Å². The van der Waals surface area contributed by atoms with E-state index in [1.165, 1.54) is 47.3 Å². The maximum atomic E-state index is 4.22. The van der Waals surface area contributed by atoms with Gasteiger partial charge in [0.05, 0.1) is 0 Å². The van der Waals surface area contributed by atoms with E-state index in [-0.39, 0.29) is 0 Å². The minimum absolute atomic E-state index is 0.778. The zero-order valence-corrected chi connectivity index (χ0v) is 15.3. The molecular formula is C22H36O2. The molecule has 1 saturated heterocycles. The molecule has 0 spiro atoms. The Labute approximate surface area is 148 Å². The highest BCUT2D eigenvalue weighted by atomic mass is 17.2. The maximum Gasteiger partial charge on any atom is 0.109 e. The van der Waals surface area contributed by atoms with Gasteiger partial charge in [-0.05, 0) is 124 Å². The number of hydrogen-bond donors (Lipinski definition) is 0. The quantitative estimate of drug-likeness (QED) is 0.536. The van der Waals surface area contributed by atoms with Crippen LogP contribution in [-0.2, 0) is 9.78 Å². The Morgan fingerprint density at radius 1 is 0.292 bits per heavy atom. The van der Waals surface area contributed by atoms with E-state index in [2.05, 4.69) is 9.78 Å². The summed E-state index contributed by atoms with van der Waals surface area (Å²) in [6.45, 7) is 1.56. The number of hydrogen-bond acceptors (Lipinski definition) is 2. The monoisotopic (exact) mass is 332 g/mol. The Kier molecular flexibility index (Phi) is 4.64. The van der Waals surface area contributed by atoms with Crippen molar-refractivity contribution in [2.45, 2.75) is 77.0 Å². The van der Waals surface area contributed by atoms with Crippen LogP contribution in [0.15, 0.2) is 0 Å². The molecule has 1 heterocycles. The molecule has 0 amide bonds. The van der Waals surface area contributed by atoms with Gasteiger partial charge in [-0.1, -0.05) is 0 Å². The predicted molar refractivity (Wildman–Crippen MR) is 95.2 cm³/mol. The zero-order valence-electron chi connectivity index (χ0n) is 15.3. The summed E-state index contributed by atoms with van der Waals surface area (Å²) in [5.41, 5.74) is 0. The summed E-state index contributed by atoms with van der Waals surface area (Å²) in [6.07, 6.45) is 19.2. The lowest BCUT2D eigenvalue weighted by Crippen LogP contribution is -2.38. The van der Waals surface area contributed by atoms with Gasteiger partial charge < -0.3 is 0 Å². The third-order valence-corrected chi connectivity index (χ3v) is 8.33. The Balaban J connectivity index is 0.0000000893. The Morgan fingerprint density at radius 3 is 0.500 bits per heavy atom. The molecule has 0 unspecified atom stereocenters. The average molecular weight is 333 g/mol. The first-order valence-corrected chi connectivity index (χ1v) is 11.0. The standard InChI is InChI=1S/2C10H16.C2H4O2/c2*1-7-2-9-4-8(1)5-10(3-7)6-9;1-2-4-3-1/h2*7-10H,1-6H2;1-2H2. The van der Waals surface area contributed by atoms with E-state index in [1.54, 1.807) is 77.0 Å². The van der Waals surface area contributed by atoms with Crippen LogP contribution in [0, 0.1) is 47.3 Å². The molecule has 0 aromatic carbocycles. The van der Waals surface area contributed by atoms with Crippen molar-refractivity contribution in [1.29, 1.82) is 0 Å². The second kappa shape index (κ2) is 6.91. The van der Waals surface area contributed by atoms with E-state index in [0.717, 1.165) is 13.2 Å². The highest BCUT2D eigenvalue weighted by Gasteiger charge is 2.42. The van der Waals surface area contributed by atoms with Gasteiger partial charge in [-0.2, -0.15) is 0 Å². The Hall–Kier alpha value is -0.0800. The second-order valence-electron chi connectivity index (χ2n) is 10.4. The average Bonchev–Trinajstić information content (AvgIpc) is 2.42. The smallest absolute Gasteiger partial charge is 0.109 e. The van der Waals surface area contributed by atoms with Gasteiger partial charge in [-0.15, -0.1) is 0 Å². The maximum absolute atomic E-state index is 4.22. The fourth-order valence-corrected chi connectivity index (χ4v) is 8.05. The van der Waals surface area contributed by atoms with E-state index >= 15 is 0 Å². The van der Waals surface area contributed by atoms with Gasteiger partial charge in [0.1, 0.15) is 13.2 Å². The highest BCUT2D eigenvalue weighted by Crippen LogP contribution is 2.54. The third kappa shape index (κ3) is 3.56. The molecule has 0 aromatic rings. The zero-order chi connectivity index (χ0) is 15.9. The SMILES string of the molecule is C1C2CC3CC1CC(C2)C3.C1C2CC3CC1CC(C2)C3.C1COO1. The molecule has 8 saturated carbocycles. The van der Waals surface area contributed by atoms with Gasteiger partial charge in [0.25, 0.3) is 0 Å². The van der Waals surface area contributed by atoms with Crippen molar-refractivity contribution in [1.82, 2.24) is 0 Å². The minimum Gasteiger partial charge on any atom is -0.234 e. The van der Waals surface area contributed by atoms with Gasteiger partial charge in [0.15, 0.2) is 0 Å². The molecule has 1 aliphatic heterocycles. The fraction of sp³-hybridized carbons (Fsp3) is 1.00. The highest BCUT2D eigenvalue weighted by molar-refractivity contribution is 4.93. The van der Waals surface area contributed by atoms with Crippen molar-refractivity contribution in [3.63, 3.8) is 0 Å². The van der Waals surface area contributed by atoms with Crippen LogP contribution in [-0.4, -0.2) is 13.2 Å². The van der Waals surface area contributed by atoms with Crippen LogP contribution in [0.4, 0.5) is 0 Å². The lowest BCUT2D eigenvalue weighted by Gasteiger charge is -2.49. The van der Waals surface area contributed by atoms with Crippen molar-refractivity contribution in [2.24, 2.45) is 47.3 Å². The number of rotatable bonds is 0. The van der Waals surface area contributed by atoms with E-state index in [9.17, 15) is 0 Å². The van der Waals surface area contributed by atoms with Gasteiger partial charge in [-0.25, -0.2) is 9.78 Å². The third-order valence-electron chi connectivity index (χ3n) is 8.33. The minimum atomic E-state index is 0.778. The first kappa shape index (κ1) is 16.1. The largest absolute Gasteiger partial charge is 0.234 e. The first-order chi connectivity index (χ1) is 11.8. The molecule has 0 radical (unpaired) electrons. The van der Waals surface area contributed by atoms with E-state index in [0.29, 0.717) is 0 Å². The molecule has 0 atom stereocenters. The summed E-state index contributed by atoms with van der Waals surface area (Å²) < 4.78 is 0.